The summed E-state index contributed by atoms with van der Waals surface area (Å²) in [6.07, 6.45) is 2.40. The minimum atomic E-state index is -0.573. The number of halogens is 1. The predicted molar refractivity (Wildman–Crippen MR) is 70.3 cm³/mol. The molecule has 3 N–H and O–H groups in total. The van der Waals surface area contributed by atoms with Crippen LogP contribution >= 0.6 is 22.6 Å². The molecule has 0 saturated carbocycles. The molecule has 92 valence electrons. The Kier molecular flexibility index (Phi) is 5.47. The van der Waals surface area contributed by atoms with Crippen LogP contribution < -0.4 is 11.1 Å². The number of carbonyl (C=O) groups excluding carboxylic acids is 2. The average Bonchev–Trinajstić information content (AvgIpc) is 2.80. The number of hydrogen-bond acceptors (Lipinski definition) is 3. The molecule has 0 aromatic carbocycles. The maximum atomic E-state index is 11.9. The number of hydrogen-bond donors (Lipinski definition) is 2. The van der Waals surface area contributed by atoms with Crippen LogP contribution in [0.1, 0.15) is 19.3 Å². The first-order valence-corrected chi connectivity index (χ1v) is 6.70. The molecule has 1 aliphatic heterocycles. The maximum absolute atomic E-state index is 11.9. The van der Waals surface area contributed by atoms with Crippen molar-refractivity contribution in [1.29, 1.82) is 0 Å². The molecule has 0 unspecified atom stereocenters. The Labute approximate surface area is 109 Å². The second kappa shape index (κ2) is 6.39. The highest BCUT2D eigenvalue weighted by atomic mass is 127. The molecule has 0 aromatic heterocycles. The van der Waals surface area contributed by atoms with Crippen molar-refractivity contribution in [2.75, 3.05) is 20.1 Å². The smallest absolute Gasteiger partial charge is 0.240 e. The van der Waals surface area contributed by atoms with Gasteiger partial charge in [-0.05, 0) is 12.8 Å². The number of nitrogens with one attached hydrogen (secondary N) is 1. The van der Waals surface area contributed by atoms with Gasteiger partial charge < -0.3 is 16.0 Å². The maximum Gasteiger partial charge on any atom is 0.240 e. The molecule has 1 rings (SSSR count). The van der Waals surface area contributed by atoms with E-state index in [4.69, 9.17) is 5.73 Å². The standard InChI is InChI=1S/C10H18IN3O2/c1-13-8(15)6-7(11)9(12)10(16)14-4-2-3-5-14/h7,9H,2-6,12H2,1H3,(H,13,15)/t7-,9-/m0/s1. The van der Waals surface area contributed by atoms with E-state index in [2.05, 4.69) is 27.9 Å². The van der Waals surface area contributed by atoms with Crippen molar-refractivity contribution in [3.8, 4) is 0 Å². The Morgan fingerprint density at radius 3 is 2.50 bits per heavy atom. The zero-order valence-corrected chi connectivity index (χ0v) is 11.6. The van der Waals surface area contributed by atoms with Gasteiger partial charge in [-0.2, -0.15) is 0 Å². The molecule has 0 bridgehead atoms. The van der Waals surface area contributed by atoms with Crippen molar-refractivity contribution in [2.24, 2.45) is 5.73 Å². The first-order chi connectivity index (χ1) is 7.56. The number of carbonyl (C=O) groups is 2. The van der Waals surface area contributed by atoms with Crippen molar-refractivity contribution in [3.05, 3.63) is 0 Å². The summed E-state index contributed by atoms with van der Waals surface area (Å²) in [5.74, 6) is -0.107. The van der Waals surface area contributed by atoms with E-state index in [1.807, 2.05) is 0 Å². The average molecular weight is 339 g/mol. The van der Waals surface area contributed by atoms with Gasteiger partial charge in [0.2, 0.25) is 11.8 Å². The summed E-state index contributed by atoms with van der Waals surface area (Å²) in [6.45, 7) is 1.60. The summed E-state index contributed by atoms with van der Waals surface area (Å²) in [7, 11) is 1.58. The van der Waals surface area contributed by atoms with Gasteiger partial charge in [-0.1, -0.05) is 22.6 Å². The monoisotopic (exact) mass is 339 g/mol. The molecule has 6 heteroatoms. The molecular weight excluding hydrogens is 321 g/mol. The van der Waals surface area contributed by atoms with Gasteiger partial charge in [0.25, 0.3) is 0 Å². The van der Waals surface area contributed by atoms with Crippen molar-refractivity contribution in [3.63, 3.8) is 0 Å². The van der Waals surface area contributed by atoms with Crippen LogP contribution in [0.25, 0.3) is 0 Å². The highest BCUT2D eigenvalue weighted by Gasteiger charge is 2.29. The molecule has 1 aliphatic rings. The molecule has 2 amide bonds. The summed E-state index contributed by atoms with van der Waals surface area (Å²) in [4.78, 5) is 24.9. The molecule has 1 heterocycles. The third kappa shape index (κ3) is 3.58. The van der Waals surface area contributed by atoms with Crippen LogP contribution in [0.15, 0.2) is 0 Å². The Balaban J connectivity index is 2.45. The fraction of sp³-hybridized carbons (Fsp3) is 0.800. The lowest BCUT2D eigenvalue weighted by Gasteiger charge is -2.23. The second-order valence-electron chi connectivity index (χ2n) is 3.95. The van der Waals surface area contributed by atoms with Crippen LogP contribution in [0.5, 0.6) is 0 Å². The van der Waals surface area contributed by atoms with Crippen LogP contribution in [0, 0.1) is 0 Å². The molecule has 1 fully saturated rings. The first kappa shape index (κ1) is 13.7. The fourth-order valence-corrected chi connectivity index (χ4v) is 2.42. The van der Waals surface area contributed by atoms with Crippen molar-refractivity contribution < 1.29 is 9.59 Å². The summed E-state index contributed by atoms with van der Waals surface area (Å²) in [5.41, 5.74) is 5.86. The molecule has 0 aromatic rings. The second-order valence-corrected chi connectivity index (χ2v) is 5.55. The number of rotatable bonds is 4. The van der Waals surface area contributed by atoms with Gasteiger partial charge in [-0.25, -0.2) is 0 Å². The van der Waals surface area contributed by atoms with Crippen LogP contribution in [0.3, 0.4) is 0 Å². The van der Waals surface area contributed by atoms with Crippen LogP contribution in [0.4, 0.5) is 0 Å². The lowest BCUT2D eigenvalue weighted by Crippen LogP contribution is -2.48. The van der Waals surface area contributed by atoms with Gasteiger partial charge in [0.15, 0.2) is 0 Å². The third-order valence-electron chi connectivity index (χ3n) is 2.75. The Morgan fingerprint density at radius 2 is 2.00 bits per heavy atom. The van der Waals surface area contributed by atoms with E-state index in [1.54, 1.807) is 11.9 Å². The molecule has 16 heavy (non-hydrogen) atoms. The normalized spacial score (nSPS) is 19.3. The molecule has 0 aliphatic carbocycles. The Morgan fingerprint density at radius 1 is 1.44 bits per heavy atom. The zero-order chi connectivity index (χ0) is 12.1. The SMILES string of the molecule is CNC(=O)C[C@H](I)[C@H](N)C(=O)N1CCCC1. The third-order valence-corrected chi connectivity index (χ3v) is 3.97. The lowest BCUT2D eigenvalue weighted by molar-refractivity contribution is -0.131. The van der Waals surface area contributed by atoms with E-state index in [1.165, 1.54) is 0 Å². The van der Waals surface area contributed by atoms with Gasteiger partial charge in [0, 0.05) is 30.5 Å². The molecule has 2 atom stereocenters. The largest absolute Gasteiger partial charge is 0.359 e. The van der Waals surface area contributed by atoms with Crippen molar-refractivity contribution in [2.45, 2.75) is 29.2 Å². The van der Waals surface area contributed by atoms with Gasteiger partial charge in [0.05, 0.1) is 6.04 Å². The van der Waals surface area contributed by atoms with E-state index in [-0.39, 0.29) is 22.2 Å². The van der Waals surface area contributed by atoms with Crippen molar-refractivity contribution in [1.82, 2.24) is 10.2 Å². The van der Waals surface area contributed by atoms with E-state index in [9.17, 15) is 9.59 Å². The van der Waals surface area contributed by atoms with Crippen LogP contribution in [0.2, 0.25) is 0 Å². The summed E-state index contributed by atoms with van der Waals surface area (Å²) in [5, 5.41) is 2.54. The quantitative estimate of drug-likeness (QED) is 0.554. The molecule has 0 spiro atoms. The summed E-state index contributed by atoms with van der Waals surface area (Å²) >= 11 is 2.07. The van der Waals surface area contributed by atoms with Gasteiger partial charge >= 0.3 is 0 Å². The fourth-order valence-electron chi connectivity index (χ4n) is 1.71. The first-order valence-electron chi connectivity index (χ1n) is 5.45. The minimum Gasteiger partial charge on any atom is -0.359 e. The minimum absolute atomic E-state index is 0.0270. The number of likely N-dealkylation sites (tertiary alicyclic amines) is 1. The number of nitrogens with two attached hydrogens (primary N) is 1. The Bertz CT molecular complexity index is 267. The zero-order valence-electron chi connectivity index (χ0n) is 9.41. The summed E-state index contributed by atoms with van der Waals surface area (Å²) < 4.78 is -0.148. The van der Waals surface area contributed by atoms with Gasteiger partial charge in [0.1, 0.15) is 0 Å². The highest BCUT2D eigenvalue weighted by Crippen LogP contribution is 2.15. The molecule has 0 radical (unpaired) electrons. The number of nitrogens with zero attached hydrogens (tertiary/aromatic N) is 1. The van der Waals surface area contributed by atoms with Gasteiger partial charge in [-0.15, -0.1) is 0 Å². The Hall–Kier alpha value is -0.370. The molecular formula is C10H18IN3O2. The molecule has 5 nitrogen and oxygen atoms in total. The van der Waals surface area contributed by atoms with E-state index in [0.29, 0.717) is 0 Å². The van der Waals surface area contributed by atoms with E-state index >= 15 is 0 Å². The highest BCUT2D eigenvalue weighted by molar-refractivity contribution is 14.1. The summed E-state index contributed by atoms with van der Waals surface area (Å²) in [6, 6.07) is -0.573. The number of alkyl halides is 1. The van der Waals surface area contributed by atoms with Crippen LogP contribution in [-0.2, 0) is 9.59 Å². The predicted octanol–water partition coefficient (Wildman–Crippen LogP) is -0.124. The van der Waals surface area contributed by atoms with E-state index < -0.39 is 6.04 Å². The lowest BCUT2D eigenvalue weighted by atomic mass is 10.1. The van der Waals surface area contributed by atoms with Crippen LogP contribution in [-0.4, -0.2) is 46.8 Å². The van der Waals surface area contributed by atoms with Gasteiger partial charge in [-0.3, -0.25) is 9.59 Å². The van der Waals surface area contributed by atoms with E-state index in [0.717, 1.165) is 25.9 Å². The topological polar surface area (TPSA) is 75.4 Å². The molecule has 1 saturated heterocycles. The number of amides is 2. The van der Waals surface area contributed by atoms with Crippen molar-refractivity contribution >= 4 is 34.4 Å².